The Balaban J connectivity index is 1.07. The van der Waals surface area contributed by atoms with E-state index in [1.807, 2.05) is 0 Å². The van der Waals surface area contributed by atoms with E-state index >= 15 is 4.55 Å². The van der Waals surface area contributed by atoms with Gasteiger partial charge in [-0.1, -0.05) is 32.4 Å². The number of nitrogens with two attached hydrogens (primary N) is 1. The van der Waals surface area contributed by atoms with Crippen LogP contribution in [0.2, 0.25) is 0 Å². The molecular weight excluding hydrogens is 1320 g/mol. The highest BCUT2D eigenvalue weighted by Crippen LogP contribution is 2.37. The van der Waals surface area contributed by atoms with Crippen LogP contribution in [-0.4, -0.2) is 267 Å². The Morgan fingerprint density at radius 3 is 2.18 bits per heavy atom. The minimum Gasteiger partial charge on any atom is -0.610 e. The number of H-pyrrole nitrogens is 1. The molecule has 1 unspecified atom stereocenters. The summed E-state index contributed by atoms with van der Waals surface area (Å²) in [5.74, 6) is -12.2. The normalized spacial score (nSPS) is 23.5. The topological polar surface area (TPSA) is 513 Å². The smallest absolute Gasteiger partial charge is 0.314 e. The molecule has 1 aromatic carbocycles. The molecular formula is C59H84N16O20S2. The van der Waals surface area contributed by atoms with Crippen LogP contribution < -0.4 is 58.3 Å². The van der Waals surface area contributed by atoms with Gasteiger partial charge in [0.2, 0.25) is 58.2 Å². The number of aromatic nitrogens is 4. The third kappa shape index (κ3) is 21.2. The number of hydrogen-bond donors (Lipinski definition) is 14. The van der Waals surface area contributed by atoms with Crippen LogP contribution in [0.15, 0.2) is 35.5 Å². The van der Waals surface area contributed by atoms with Gasteiger partial charge in [-0.3, -0.25) is 57.6 Å². The van der Waals surface area contributed by atoms with Crippen molar-refractivity contribution in [1.82, 2.24) is 77.6 Å². The summed E-state index contributed by atoms with van der Waals surface area (Å²) in [6.45, 7) is 3.93. The Kier molecular flexibility index (Phi) is 28.7. The van der Waals surface area contributed by atoms with Crippen LogP contribution in [0.5, 0.6) is 5.75 Å². The molecule has 97 heavy (non-hydrogen) atoms. The summed E-state index contributed by atoms with van der Waals surface area (Å²) in [5, 5.41) is 62.9. The standard InChI is InChI=1S/C59H84N16O20S2/c1-5-31(2)49-55(87)64-23-45(80)65-40-30-97(91)57-36(21-38(52(84)63-24-46(81)68-49)66-56(88)50(32(3)42(78)28-76)69-54(86)41-20-34(77)27-74(41)58(89)39(22-44(60)79)67-53(40)85)35-6-7-43(92-4)37(51(35)70-57)29-96-19-11-62-59(90)61-10-13-93-15-17-95-18-16-94-14-12-73-25-33(71-72-73)26-75-47(82)8-9-48(75)83/h6-9,25,31-32,34,38-42,49-50,70,76-78H,5,10-24,26-30H2,1-4H3,(H2,60,79)(H,63,84)(H,64,87)(H,65,80)(H,66,88)(H,67,85)(H,68,81)(H,69,86)(H2,61,62,90)/t31-,32-,34+,38-,39-,40-,41-,42-,49-,50-,97?/m0/s1. The number of benzene rings is 1. The zero-order chi connectivity index (χ0) is 70.5. The number of carbonyl (C=O) groups excluding carboxylic acids is 12. The molecule has 11 atom stereocenters. The average molecular weight is 1400 g/mol. The van der Waals surface area contributed by atoms with Gasteiger partial charge >= 0.3 is 6.03 Å². The predicted octanol–water partition coefficient (Wildman–Crippen LogP) is -6.32. The van der Waals surface area contributed by atoms with E-state index in [-0.39, 0.29) is 61.3 Å². The van der Waals surface area contributed by atoms with Crippen LogP contribution in [0.1, 0.15) is 56.9 Å². The number of aliphatic hydroxyl groups is 3. The van der Waals surface area contributed by atoms with Crippen LogP contribution in [0.25, 0.3) is 10.9 Å². The number of fused-ring (bicyclic) bond motifs is 5. The van der Waals surface area contributed by atoms with Gasteiger partial charge in [-0.2, -0.15) is 11.8 Å². The molecule has 7 rings (SSSR count). The van der Waals surface area contributed by atoms with Gasteiger partial charge in [-0.25, -0.2) is 9.48 Å². The molecule has 0 spiro atoms. The zero-order valence-electron chi connectivity index (χ0n) is 53.9. The number of hydrogen-bond acceptors (Lipinski definition) is 23. The molecule has 2 aromatic heterocycles. The second-order valence-electron chi connectivity index (χ2n) is 23.2. The average Bonchev–Trinajstić information content (AvgIpc) is 1.62. The van der Waals surface area contributed by atoms with Crippen molar-refractivity contribution in [3.63, 3.8) is 0 Å². The van der Waals surface area contributed by atoms with Crippen molar-refractivity contribution >= 4 is 105 Å². The first-order valence-electron chi connectivity index (χ1n) is 31.4. The lowest BCUT2D eigenvalue weighted by Gasteiger charge is -2.32. The molecule has 4 aliphatic rings. The summed E-state index contributed by atoms with van der Waals surface area (Å²) in [5.41, 5.74) is 6.88. The number of thioether (sulfide) groups is 1. The van der Waals surface area contributed by atoms with Crippen LogP contribution in [-0.2, 0) is 103 Å². The number of amides is 13. The van der Waals surface area contributed by atoms with Gasteiger partial charge in [0.1, 0.15) is 47.4 Å². The van der Waals surface area contributed by atoms with E-state index in [1.54, 1.807) is 32.2 Å². The van der Waals surface area contributed by atoms with Gasteiger partial charge in [-0.05, 0) is 18.1 Å². The minimum absolute atomic E-state index is 0.0176. The third-order valence-corrected chi connectivity index (χ3v) is 18.8. The number of methoxy groups -OCH3 is 1. The number of urea groups is 1. The van der Waals surface area contributed by atoms with Gasteiger partial charge < -0.3 is 102 Å². The van der Waals surface area contributed by atoms with Crippen molar-refractivity contribution < 1.29 is 96.4 Å². The molecule has 4 aliphatic heterocycles. The maximum absolute atomic E-state index is 15.3. The van der Waals surface area contributed by atoms with Crippen LogP contribution >= 0.6 is 11.8 Å². The van der Waals surface area contributed by atoms with E-state index in [0.29, 0.717) is 60.9 Å². The first-order valence-corrected chi connectivity index (χ1v) is 33.8. The highest BCUT2D eigenvalue weighted by atomic mass is 32.2. The number of aromatic amines is 1. The van der Waals surface area contributed by atoms with Crippen LogP contribution in [0, 0.1) is 11.8 Å². The quantitative estimate of drug-likeness (QED) is 0.0192. The summed E-state index contributed by atoms with van der Waals surface area (Å²) < 4.78 is 39.4. The zero-order valence-corrected chi connectivity index (χ0v) is 55.6. The summed E-state index contributed by atoms with van der Waals surface area (Å²) in [6, 6.07) is -7.61. The lowest BCUT2D eigenvalue weighted by Crippen LogP contribution is -2.62. The summed E-state index contributed by atoms with van der Waals surface area (Å²) in [7, 11) is 1.40. The van der Waals surface area contributed by atoms with E-state index < -0.39 is 194 Å². The lowest BCUT2D eigenvalue weighted by atomic mass is 9.93. The number of primary amides is 1. The van der Waals surface area contributed by atoms with E-state index in [0.717, 1.165) is 9.80 Å². The van der Waals surface area contributed by atoms with Crippen LogP contribution in [0.3, 0.4) is 0 Å². The molecule has 1 saturated heterocycles. The van der Waals surface area contributed by atoms with E-state index in [9.17, 15) is 72.9 Å². The Hall–Kier alpha value is -8.50. The monoisotopic (exact) mass is 1400 g/mol. The highest BCUT2D eigenvalue weighted by molar-refractivity contribution is 7.98. The minimum atomic E-state index is -2.48. The molecule has 0 saturated carbocycles. The molecule has 3 aromatic rings. The van der Waals surface area contributed by atoms with Crippen molar-refractivity contribution in [3.05, 3.63) is 47.3 Å². The molecule has 1 fully saturated rings. The molecule has 15 N–H and O–H groups in total. The fraction of sp³-hybridized carbons (Fsp3) is 0.593. The highest BCUT2D eigenvalue weighted by Gasteiger charge is 2.46. The Morgan fingerprint density at radius 2 is 1.49 bits per heavy atom. The van der Waals surface area contributed by atoms with Gasteiger partial charge in [0.15, 0.2) is 6.04 Å². The molecule has 36 nitrogen and oxygen atoms in total. The largest absolute Gasteiger partial charge is 0.610 e. The second-order valence-corrected chi connectivity index (χ2v) is 25.8. The van der Waals surface area contributed by atoms with E-state index in [4.69, 9.17) is 24.7 Å². The van der Waals surface area contributed by atoms with Gasteiger partial charge in [0, 0.05) is 89.7 Å². The number of aliphatic hydroxyl groups excluding tert-OH is 3. The van der Waals surface area contributed by atoms with Crippen molar-refractivity contribution in [2.75, 3.05) is 97.6 Å². The number of nitrogens with one attached hydrogen (secondary N) is 10. The summed E-state index contributed by atoms with van der Waals surface area (Å²) >= 11 is -1.14. The first kappa shape index (κ1) is 75.9. The number of carbonyl (C=O) groups is 12. The van der Waals surface area contributed by atoms with Gasteiger partial charge in [0.05, 0.1) is 110 Å². The molecule has 0 radical (unpaired) electrons. The van der Waals surface area contributed by atoms with Crippen molar-refractivity contribution in [2.24, 2.45) is 17.6 Å². The fourth-order valence-electron chi connectivity index (χ4n) is 10.8. The van der Waals surface area contributed by atoms with Crippen molar-refractivity contribution in [1.29, 1.82) is 0 Å². The van der Waals surface area contributed by atoms with Crippen LogP contribution in [0.4, 0.5) is 4.79 Å². The third-order valence-electron chi connectivity index (χ3n) is 16.3. The molecule has 2 bridgehead atoms. The van der Waals surface area contributed by atoms with Crippen molar-refractivity contribution in [3.8, 4) is 5.75 Å². The lowest BCUT2D eigenvalue weighted by molar-refractivity contribution is -0.144. The molecule has 6 heterocycles. The fourth-order valence-corrected chi connectivity index (χ4v) is 13.1. The molecule has 0 aliphatic carbocycles. The first-order chi connectivity index (χ1) is 46.4. The summed E-state index contributed by atoms with van der Waals surface area (Å²) in [6.07, 6.45) is -0.635. The summed E-state index contributed by atoms with van der Waals surface area (Å²) in [4.78, 5) is 169. The van der Waals surface area contributed by atoms with E-state index in [2.05, 4.69) is 63.1 Å². The maximum atomic E-state index is 15.3. The van der Waals surface area contributed by atoms with Gasteiger partial charge in [-0.15, -0.1) is 5.10 Å². The number of nitrogens with zero attached hydrogens (tertiary/aromatic N) is 5. The van der Waals surface area contributed by atoms with Crippen molar-refractivity contribution in [2.45, 2.75) is 119 Å². The number of imide groups is 1. The predicted molar refractivity (Wildman–Crippen MR) is 342 cm³/mol. The molecule has 13 amide bonds. The maximum Gasteiger partial charge on any atom is 0.314 e. The molecule has 38 heteroatoms. The Bertz CT molecular complexity index is 3350. The second kappa shape index (κ2) is 36.7. The Labute approximate surface area is 563 Å². The molecule has 532 valence electrons. The van der Waals surface area contributed by atoms with E-state index in [1.165, 1.54) is 42.6 Å². The number of rotatable bonds is 27. The number of ether oxygens (including phenoxy) is 4. The SMILES string of the molecule is CC[C@H](C)[C@@H]1NC(=O)CNC(=O)[C@@H]2Cc3c([nH]c4c(CSCCNC(=O)NCCOCCOCCOCCn5cc(CN6C(=O)C=CC6=O)nn5)c(OC)ccc34)[S+]([O-])C[C@H](NC(=O)CNC1=O)C(=O)N[C@@H](CC(N)=O)C(=O)N1C[C@H](O)C[C@H]1C(=O)N[C@@H]([C@@H](C)[C@@H](O)CO)C(=O)N2. The Morgan fingerprint density at radius 1 is 0.825 bits per heavy atom. The van der Waals surface area contributed by atoms with Gasteiger partial charge in [0.25, 0.3) is 11.8 Å².